The molecule has 0 aromatic heterocycles. The van der Waals surface area contributed by atoms with Gasteiger partial charge in [-0.05, 0) is 35.0 Å². The smallest absolute Gasteiger partial charge is 0.870 e. The second-order valence-electron chi connectivity index (χ2n) is 5.90. The Morgan fingerprint density at radius 3 is 1.52 bits per heavy atom. The molecule has 0 atom stereocenters. The minimum atomic E-state index is -4.23. The van der Waals surface area contributed by atoms with Gasteiger partial charge < -0.3 is 27.5 Å². The van der Waals surface area contributed by atoms with E-state index < -0.39 is 10.1 Å². The molecular formula is C20H20KN2NaO6S. The van der Waals surface area contributed by atoms with Crippen molar-refractivity contribution >= 4 is 43.0 Å². The van der Waals surface area contributed by atoms with Crippen LogP contribution in [0.3, 0.4) is 0 Å². The molecule has 0 unspecified atom stereocenters. The van der Waals surface area contributed by atoms with E-state index in [4.69, 9.17) is 16.0 Å². The predicted molar refractivity (Wildman–Crippen MR) is 112 cm³/mol. The normalized spacial score (nSPS) is 9.71. The van der Waals surface area contributed by atoms with Crippen LogP contribution in [0.5, 0.6) is 5.75 Å². The summed E-state index contributed by atoms with van der Waals surface area (Å²) in [6.45, 7) is 0. The number of rotatable bonds is 1. The quantitative estimate of drug-likeness (QED) is 0.131. The van der Waals surface area contributed by atoms with Gasteiger partial charge in [-0.25, -0.2) is 0 Å². The summed E-state index contributed by atoms with van der Waals surface area (Å²) in [5.41, 5.74) is 12.3. The van der Waals surface area contributed by atoms with Crippen LogP contribution in [-0.4, -0.2) is 29.0 Å². The number of phenols is 1. The third-order valence-electron chi connectivity index (χ3n) is 4.09. The van der Waals surface area contributed by atoms with E-state index in [0.29, 0.717) is 22.1 Å². The number of hydrogen-bond donors (Lipinski definition) is 4. The van der Waals surface area contributed by atoms with E-state index in [1.807, 2.05) is 18.2 Å². The molecule has 0 aliphatic rings. The van der Waals surface area contributed by atoms with Crippen LogP contribution in [0.25, 0.3) is 21.5 Å². The second kappa shape index (κ2) is 13.7. The summed E-state index contributed by atoms with van der Waals surface area (Å²) < 4.78 is 31.2. The molecule has 4 aromatic rings. The summed E-state index contributed by atoms with van der Waals surface area (Å²) in [5, 5.41) is 12.2. The zero-order valence-corrected chi connectivity index (χ0v) is 23.0. The molecule has 0 fully saturated rings. The van der Waals surface area contributed by atoms with Crippen molar-refractivity contribution in [2.24, 2.45) is 0 Å². The summed E-state index contributed by atoms with van der Waals surface area (Å²) >= 11 is 0. The molecule has 0 bridgehead atoms. The van der Waals surface area contributed by atoms with Gasteiger partial charge in [0.05, 0.1) is 0 Å². The first-order chi connectivity index (χ1) is 12.8. The van der Waals surface area contributed by atoms with E-state index in [1.165, 1.54) is 6.07 Å². The fourth-order valence-electron chi connectivity index (χ4n) is 2.90. The zero-order valence-electron chi connectivity index (χ0n) is 17.1. The van der Waals surface area contributed by atoms with Crippen LogP contribution < -0.4 is 92.4 Å². The molecule has 8 N–H and O–H groups in total. The minimum Gasteiger partial charge on any atom is -0.870 e. The number of hydrogen-bond acceptors (Lipinski definition) is 7. The number of anilines is 2. The Morgan fingerprint density at radius 1 is 0.677 bits per heavy atom. The standard InChI is InChI=1S/C10H9NO3S.C10H9NO.K.Na.2H2O/c11-8-5-1-3-7-4-2-6-9(10(7)8)15(12,13)14;11-8-5-1-3-7-4-2-6-9(12)10(7)8;;;;/h1-6H,11H2,(H,12,13,14);1-6,12H,11H2;;;2*1H2/q;;2*+1;;/p-2. The Bertz CT molecular complexity index is 1210. The molecule has 0 radical (unpaired) electrons. The van der Waals surface area contributed by atoms with Crippen molar-refractivity contribution in [3.8, 4) is 5.75 Å². The molecule has 0 saturated carbocycles. The first-order valence-corrected chi connectivity index (χ1v) is 9.44. The molecule has 4 aromatic carbocycles. The van der Waals surface area contributed by atoms with Crippen LogP contribution in [0.15, 0.2) is 77.7 Å². The van der Waals surface area contributed by atoms with Crippen molar-refractivity contribution in [2.45, 2.75) is 4.90 Å². The average Bonchev–Trinajstić information content (AvgIpc) is 2.62. The number of benzene rings is 4. The fourth-order valence-corrected chi connectivity index (χ4v) is 3.64. The molecule has 0 saturated heterocycles. The molecule has 31 heavy (non-hydrogen) atoms. The van der Waals surface area contributed by atoms with Gasteiger partial charge in [0.15, 0.2) is 0 Å². The molecule has 8 nitrogen and oxygen atoms in total. The monoisotopic (exact) mass is 478 g/mol. The maximum atomic E-state index is 11.1. The Labute approximate surface area is 244 Å². The largest absolute Gasteiger partial charge is 1.00 e. The van der Waals surface area contributed by atoms with Crippen molar-refractivity contribution in [1.29, 1.82) is 0 Å². The first kappa shape index (κ1) is 32.4. The van der Waals surface area contributed by atoms with Crippen LogP contribution in [0.2, 0.25) is 0 Å². The molecule has 0 spiro atoms. The maximum absolute atomic E-state index is 11.1. The number of nitrogen functional groups attached to an aromatic ring is 2. The summed E-state index contributed by atoms with van der Waals surface area (Å²) in [5.74, 6) is 0.241. The number of phenolic OH excluding ortho intramolecular Hbond substituents is 1. The van der Waals surface area contributed by atoms with Crippen molar-refractivity contribution in [1.82, 2.24) is 0 Å². The van der Waals surface area contributed by atoms with Gasteiger partial charge in [-0.2, -0.15) is 8.42 Å². The van der Waals surface area contributed by atoms with Crippen LogP contribution in [-0.2, 0) is 10.1 Å². The third kappa shape index (κ3) is 7.67. The minimum absolute atomic E-state index is 0. The molecule has 0 aliphatic carbocycles. The van der Waals surface area contributed by atoms with Crippen molar-refractivity contribution in [2.75, 3.05) is 11.5 Å². The number of fused-ring (bicyclic) bond motifs is 2. The average molecular weight is 479 g/mol. The van der Waals surface area contributed by atoms with Gasteiger partial charge in [0.2, 0.25) is 0 Å². The maximum Gasteiger partial charge on any atom is 1.00 e. The summed E-state index contributed by atoms with van der Waals surface area (Å²) in [6.07, 6.45) is 0. The van der Waals surface area contributed by atoms with E-state index >= 15 is 0 Å². The molecular weight excluding hydrogens is 458 g/mol. The Kier molecular flexibility index (Phi) is 14.4. The molecule has 0 amide bonds. The molecule has 154 valence electrons. The Balaban J connectivity index is 0. The Hall–Kier alpha value is -0.734. The predicted octanol–water partition coefficient (Wildman–Crippen LogP) is -2.55. The van der Waals surface area contributed by atoms with E-state index in [9.17, 15) is 13.5 Å². The zero-order chi connectivity index (χ0) is 19.6. The number of nitrogens with two attached hydrogens (primary N) is 2. The summed E-state index contributed by atoms with van der Waals surface area (Å²) in [6, 6.07) is 20.6. The van der Waals surface area contributed by atoms with Crippen LogP contribution in [0.1, 0.15) is 0 Å². The molecule has 11 heteroatoms. The molecule has 0 heterocycles. The van der Waals surface area contributed by atoms with Crippen LogP contribution >= 0.6 is 0 Å². The van der Waals surface area contributed by atoms with Gasteiger partial charge >= 0.3 is 80.9 Å². The van der Waals surface area contributed by atoms with Gasteiger partial charge in [0.1, 0.15) is 10.6 Å². The second-order valence-corrected chi connectivity index (χ2v) is 7.29. The third-order valence-corrected chi connectivity index (χ3v) is 4.99. The van der Waals surface area contributed by atoms with Gasteiger partial charge in [0.25, 0.3) is 10.1 Å². The topological polar surface area (TPSA) is 187 Å². The fraction of sp³-hybridized carbons (Fsp3) is 0. The summed E-state index contributed by atoms with van der Waals surface area (Å²) in [4.78, 5) is -0.155. The number of aromatic hydroxyl groups is 1. The van der Waals surface area contributed by atoms with E-state index in [-0.39, 0.29) is 103 Å². The van der Waals surface area contributed by atoms with Gasteiger partial charge in [-0.1, -0.05) is 48.5 Å². The van der Waals surface area contributed by atoms with Crippen LogP contribution in [0, 0.1) is 0 Å². The van der Waals surface area contributed by atoms with Gasteiger partial charge in [-0.3, -0.25) is 4.55 Å². The van der Waals surface area contributed by atoms with Crippen molar-refractivity contribution in [3.05, 3.63) is 72.8 Å². The van der Waals surface area contributed by atoms with Gasteiger partial charge in [0, 0.05) is 22.1 Å². The first-order valence-electron chi connectivity index (χ1n) is 8.00. The molecule has 0 aliphatic heterocycles. The van der Waals surface area contributed by atoms with Gasteiger partial charge in [-0.15, -0.1) is 0 Å². The van der Waals surface area contributed by atoms with E-state index in [2.05, 4.69) is 0 Å². The summed E-state index contributed by atoms with van der Waals surface area (Å²) in [7, 11) is -4.23. The Morgan fingerprint density at radius 2 is 1.06 bits per heavy atom. The van der Waals surface area contributed by atoms with E-state index in [0.717, 1.165) is 10.8 Å². The van der Waals surface area contributed by atoms with Crippen molar-refractivity contribution < 1.29 is 110 Å². The van der Waals surface area contributed by atoms with Crippen molar-refractivity contribution in [3.63, 3.8) is 0 Å². The van der Waals surface area contributed by atoms with E-state index in [1.54, 1.807) is 48.5 Å². The van der Waals surface area contributed by atoms with Crippen LogP contribution in [0.4, 0.5) is 11.4 Å². The SMILES string of the molecule is Nc1cccc2cccc(O)c12.Nc1cccc2cccc(S(=O)(=O)O)c12.[K+].[Na+].[OH-].[OH-]. The molecule has 4 rings (SSSR count).